The number of alkyl halides is 1. The van der Waals surface area contributed by atoms with Gasteiger partial charge >= 0.3 is 5.97 Å². The number of carboxylic acids is 1. The van der Waals surface area contributed by atoms with Crippen LogP contribution < -0.4 is 4.72 Å². The van der Waals surface area contributed by atoms with Crippen LogP contribution in [-0.4, -0.2) is 31.7 Å². The Kier molecular flexibility index (Phi) is 5.10. The van der Waals surface area contributed by atoms with Gasteiger partial charge in [-0.05, 0) is 56.7 Å². The molecule has 0 heterocycles. The van der Waals surface area contributed by atoms with Gasteiger partial charge in [0.1, 0.15) is 5.67 Å². The Morgan fingerprint density at radius 3 is 2.52 bits per heavy atom. The number of aryl methyl sites for hydroxylation is 1. The first-order chi connectivity index (χ1) is 10.6. The van der Waals surface area contributed by atoms with Gasteiger partial charge in [-0.15, -0.1) is 0 Å². The highest BCUT2D eigenvalue weighted by atomic mass is 32.2. The Balaban J connectivity index is 2.05. The number of aliphatic carboxylic acids is 1. The number of sulfonamides is 1. The molecule has 0 saturated heterocycles. The minimum Gasteiger partial charge on any atom is -0.481 e. The smallest absolute Gasteiger partial charge is 0.306 e. The van der Waals surface area contributed by atoms with Crippen molar-refractivity contribution in [2.75, 3.05) is 6.54 Å². The molecule has 1 aromatic carbocycles. The molecule has 5 nitrogen and oxygen atoms in total. The number of benzene rings is 1. The highest BCUT2D eigenvalue weighted by Gasteiger charge is 2.38. The second kappa shape index (κ2) is 6.57. The van der Waals surface area contributed by atoms with Crippen LogP contribution in [0, 0.1) is 19.8 Å². The fourth-order valence-corrected chi connectivity index (χ4v) is 4.30. The van der Waals surface area contributed by atoms with Crippen molar-refractivity contribution in [3.8, 4) is 0 Å². The highest BCUT2D eigenvalue weighted by molar-refractivity contribution is 7.89. The van der Waals surface area contributed by atoms with Crippen LogP contribution >= 0.6 is 0 Å². The predicted molar refractivity (Wildman–Crippen MR) is 84.5 cm³/mol. The Labute approximate surface area is 136 Å². The molecule has 1 saturated carbocycles. The molecule has 0 aromatic heterocycles. The lowest BCUT2D eigenvalue weighted by Crippen LogP contribution is -2.43. The minimum absolute atomic E-state index is 0.0548. The number of nitrogens with one attached hydrogen (secondary N) is 1. The minimum atomic E-state index is -3.79. The molecule has 1 aromatic rings. The molecule has 0 spiro atoms. The summed E-state index contributed by atoms with van der Waals surface area (Å²) in [5.41, 5.74) is -0.191. The van der Waals surface area contributed by atoms with Crippen molar-refractivity contribution in [1.29, 1.82) is 0 Å². The fraction of sp³-hybridized carbons (Fsp3) is 0.562. The van der Waals surface area contributed by atoms with Crippen LogP contribution in [0.15, 0.2) is 23.1 Å². The van der Waals surface area contributed by atoms with Gasteiger partial charge in [0.25, 0.3) is 0 Å². The lowest BCUT2D eigenvalue weighted by atomic mass is 9.80. The molecular formula is C16H22FNO4S. The van der Waals surface area contributed by atoms with E-state index in [1.54, 1.807) is 13.0 Å². The maximum atomic E-state index is 14.7. The highest BCUT2D eigenvalue weighted by Crippen LogP contribution is 2.35. The summed E-state index contributed by atoms with van der Waals surface area (Å²) < 4.78 is 41.8. The van der Waals surface area contributed by atoms with E-state index in [1.165, 1.54) is 6.07 Å². The summed E-state index contributed by atoms with van der Waals surface area (Å²) in [4.78, 5) is 11.1. The fourth-order valence-electron chi connectivity index (χ4n) is 2.88. The number of halogens is 1. The number of rotatable bonds is 5. The molecule has 0 atom stereocenters. The number of carboxylic acid groups (broad SMARTS) is 1. The van der Waals surface area contributed by atoms with E-state index < -0.39 is 27.6 Å². The van der Waals surface area contributed by atoms with Crippen LogP contribution in [0.25, 0.3) is 0 Å². The van der Waals surface area contributed by atoms with E-state index in [0.29, 0.717) is 5.56 Å². The molecule has 1 aliphatic rings. The standard InChI is InChI=1S/C16H22FNO4S/c1-11-4-3-5-14(12(11)2)23(21,22)18-10-16(17)8-6-13(7-9-16)15(19)20/h3-5,13,18H,6-10H2,1-2H3,(H,19,20). The first kappa shape index (κ1) is 17.9. The normalized spacial score (nSPS) is 25.3. The van der Waals surface area contributed by atoms with Crippen molar-refractivity contribution in [1.82, 2.24) is 4.72 Å². The summed E-state index contributed by atoms with van der Waals surface area (Å²) in [5, 5.41) is 8.94. The molecule has 1 fully saturated rings. The van der Waals surface area contributed by atoms with Crippen LogP contribution in [0.1, 0.15) is 36.8 Å². The van der Waals surface area contributed by atoms with Gasteiger partial charge in [-0.2, -0.15) is 0 Å². The summed E-state index contributed by atoms with van der Waals surface area (Å²) in [7, 11) is -3.79. The van der Waals surface area contributed by atoms with Crippen LogP contribution in [0.3, 0.4) is 0 Å². The van der Waals surface area contributed by atoms with Crippen LogP contribution in [0.4, 0.5) is 4.39 Å². The van der Waals surface area contributed by atoms with Crippen molar-refractivity contribution in [3.63, 3.8) is 0 Å². The SMILES string of the molecule is Cc1cccc(S(=O)(=O)NCC2(F)CCC(C(=O)O)CC2)c1C. The average Bonchev–Trinajstić information content (AvgIpc) is 2.48. The van der Waals surface area contributed by atoms with E-state index in [4.69, 9.17) is 5.11 Å². The van der Waals surface area contributed by atoms with E-state index in [2.05, 4.69) is 4.72 Å². The zero-order valence-electron chi connectivity index (χ0n) is 13.3. The quantitative estimate of drug-likeness (QED) is 0.861. The summed E-state index contributed by atoms with van der Waals surface area (Å²) in [6.07, 6.45) is 0.576. The van der Waals surface area contributed by atoms with E-state index in [1.807, 2.05) is 13.0 Å². The van der Waals surface area contributed by atoms with Crippen molar-refractivity contribution < 1.29 is 22.7 Å². The molecule has 0 radical (unpaired) electrons. The van der Waals surface area contributed by atoms with Crippen molar-refractivity contribution in [2.45, 2.75) is 50.1 Å². The Hall–Kier alpha value is -1.47. The second-order valence-electron chi connectivity index (χ2n) is 6.29. The molecule has 0 amide bonds. The zero-order chi connectivity index (χ0) is 17.3. The third kappa shape index (κ3) is 4.09. The largest absolute Gasteiger partial charge is 0.481 e. The summed E-state index contributed by atoms with van der Waals surface area (Å²) in [6.45, 7) is 3.21. The van der Waals surface area contributed by atoms with Gasteiger partial charge in [0.05, 0.1) is 10.8 Å². The molecule has 2 rings (SSSR count). The van der Waals surface area contributed by atoms with E-state index in [9.17, 15) is 17.6 Å². The van der Waals surface area contributed by atoms with Gasteiger partial charge in [0, 0.05) is 6.54 Å². The lowest BCUT2D eigenvalue weighted by molar-refractivity contribution is -0.143. The summed E-state index contributed by atoms with van der Waals surface area (Å²) in [6, 6.07) is 4.97. The molecule has 7 heteroatoms. The summed E-state index contributed by atoms with van der Waals surface area (Å²) >= 11 is 0. The van der Waals surface area contributed by atoms with E-state index in [0.717, 1.165) is 5.56 Å². The number of hydrogen-bond donors (Lipinski definition) is 2. The second-order valence-corrected chi connectivity index (χ2v) is 8.02. The molecule has 0 unspecified atom stereocenters. The average molecular weight is 343 g/mol. The first-order valence-electron chi connectivity index (χ1n) is 7.62. The van der Waals surface area contributed by atoms with Crippen molar-refractivity contribution in [3.05, 3.63) is 29.3 Å². The van der Waals surface area contributed by atoms with Gasteiger partial charge in [0.2, 0.25) is 10.0 Å². The third-order valence-electron chi connectivity index (χ3n) is 4.65. The topological polar surface area (TPSA) is 83.5 Å². The summed E-state index contributed by atoms with van der Waals surface area (Å²) in [5.74, 6) is -1.45. The Bertz CT molecular complexity index is 694. The van der Waals surface area contributed by atoms with Gasteiger partial charge in [-0.3, -0.25) is 4.79 Å². The Morgan fingerprint density at radius 1 is 1.35 bits per heavy atom. The Morgan fingerprint density at radius 2 is 1.96 bits per heavy atom. The van der Waals surface area contributed by atoms with Crippen LogP contribution in [-0.2, 0) is 14.8 Å². The van der Waals surface area contributed by atoms with E-state index >= 15 is 0 Å². The van der Waals surface area contributed by atoms with Crippen molar-refractivity contribution >= 4 is 16.0 Å². The molecular weight excluding hydrogens is 321 g/mol. The molecule has 0 bridgehead atoms. The number of carbonyl (C=O) groups is 1. The molecule has 23 heavy (non-hydrogen) atoms. The molecule has 128 valence electrons. The predicted octanol–water partition coefficient (Wildman–Crippen LogP) is 2.56. The van der Waals surface area contributed by atoms with Crippen molar-refractivity contribution in [2.24, 2.45) is 5.92 Å². The van der Waals surface area contributed by atoms with E-state index in [-0.39, 0.29) is 37.1 Å². The maximum absolute atomic E-state index is 14.7. The van der Waals surface area contributed by atoms with Gasteiger partial charge in [0.15, 0.2) is 0 Å². The third-order valence-corrected chi connectivity index (χ3v) is 6.20. The monoisotopic (exact) mass is 343 g/mol. The van der Waals surface area contributed by atoms with Gasteiger partial charge in [-0.25, -0.2) is 17.5 Å². The molecule has 0 aliphatic heterocycles. The maximum Gasteiger partial charge on any atom is 0.306 e. The molecule has 2 N–H and O–H groups in total. The van der Waals surface area contributed by atoms with Gasteiger partial charge in [-0.1, -0.05) is 12.1 Å². The van der Waals surface area contributed by atoms with Gasteiger partial charge < -0.3 is 5.11 Å². The van der Waals surface area contributed by atoms with Crippen LogP contribution in [0.5, 0.6) is 0 Å². The first-order valence-corrected chi connectivity index (χ1v) is 9.10. The zero-order valence-corrected chi connectivity index (χ0v) is 14.1. The lowest BCUT2D eigenvalue weighted by Gasteiger charge is -2.32. The number of hydrogen-bond acceptors (Lipinski definition) is 3. The van der Waals surface area contributed by atoms with Crippen LogP contribution in [0.2, 0.25) is 0 Å². The molecule has 1 aliphatic carbocycles.